The van der Waals surface area contributed by atoms with Gasteiger partial charge in [0.25, 0.3) is 0 Å². The first kappa shape index (κ1) is 14.7. The van der Waals surface area contributed by atoms with Gasteiger partial charge < -0.3 is 15.4 Å². The number of nitrogens with two attached hydrogens (primary N) is 1. The summed E-state index contributed by atoms with van der Waals surface area (Å²) in [5.74, 6) is 1.01. The monoisotopic (exact) mass is 289 g/mol. The van der Waals surface area contributed by atoms with E-state index in [0.29, 0.717) is 0 Å². The minimum absolute atomic E-state index is 0.288. The van der Waals surface area contributed by atoms with Crippen molar-refractivity contribution in [3.05, 3.63) is 24.3 Å². The van der Waals surface area contributed by atoms with Gasteiger partial charge >= 0.3 is 0 Å². The highest BCUT2D eigenvalue weighted by atomic mass is 16.5. The highest BCUT2D eigenvalue weighted by molar-refractivity contribution is 5.58. The molecule has 0 aliphatic carbocycles. The van der Waals surface area contributed by atoms with Crippen LogP contribution in [0.1, 0.15) is 25.7 Å². The number of nitrogens with zero attached hydrogens (tertiary/aromatic N) is 2. The van der Waals surface area contributed by atoms with Crippen LogP contribution in [-0.4, -0.2) is 50.3 Å². The number of ether oxygens (including phenoxy) is 1. The second kappa shape index (κ2) is 7.14. The van der Waals surface area contributed by atoms with Crippen LogP contribution in [0.4, 0.5) is 5.69 Å². The maximum Gasteiger partial charge on any atom is 0.142 e. The fourth-order valence-corrected chi connectivity index (χ4v) is 3.36. The SMILES string of the molecule is NC1CCCN(c2ccccc2OCCN2CCCC2)C1. The Morgan fingerprint density at radius 1 is 1.10 bits per heavy atom. The molecule has 116 valence electrons. The van der Waals surface area contributed by atoms with Crippen LogP contribution < -0.4 is 15.4 Å². The molecule has 21 heavy (non-hydrogen) atoms. The van der Waals surface area contributed by atoms with Crippen LogP contribution in [0.15, 0.2) is 24.3 Å². The summed E-state index contributed by atoms with van der Waals surface area (Å²) in [6.45, 7) is 6.29. The first-order chi connectivity index (χ1) is 10.3. The molecule has 3 rings (SSSR count). The summed E-state index contributed by atoms with van der Waals surface area (Å²) >= 11 is 0. The predicted molar refractivity (Wildman–Crippen MR) is 87.0 cm³/mol. The summed E-state index contributed by atoms with van der Waals surface area (Å²) < 4.78 is 6.06. The van der Waals surface area contributed by atoms with Gasteiger partial charge in [0, 0.05) is 25.7 Å². The van der Waals surface area contributed by atoms with Crippen LogP contribution in [0, 0.1) is 0 Å². The molecule has 0 amide bonds. The van der Waals surface area contributed by atoms with Crippen molar-refractivity contribution in [2.45, 2.75) is 31.7 Å². The summed E-state index contributed by atoms with van der Waals surface area (Å²) in [6, 6.07) is 8.67. The van der Waals surface area contributed by atoms with Gasteiger partial charge in [-0.15, -0.1) is 0 Å². The van der Waals surface area contributed by atoms with Crippen LogP contribution in [-0.2, 0) is 0 Å². The summed E-state index contributed by atoms with van der Waals surface area (Å²) in [7, 11) is 0. The van der Waals surface area contributed by atoms with Crippen molar-refractivity contribution < 1.29 is 4.74 Å². The normalized spacial score (nSPS) is 23.5. The minimum Gasteiger partial charge on any atom is -0.490 e. The van der Waals surface area contributed by atoms with Gasteiger partial charge in [0.15, 0.2) is 0 Å². The van der Waals surface area contributed by atoms with E-state index in [4.69, 9.17) is 10.5 Å². The Bertz CT molecular complexity index is 445. The van der Waals surface area contributed by atoms with Crippen LogP contribution >= 0.6 is 0 Å². The van der Waals surface area contributed by atoms with Gasteiger partial charge in [-0.25, -0.2) is 0 Å². The molecule has 0 bridgehead atoms. The lowest BCUT2D eigenvalue weighted by Crippen LogP contribution is -2.43. The van der Waals surface area contributed by atoms with E-state index in [1.54, 1.807) is 0 Å². The van der Waals surface area contributed by atoms with Crippen molar-refractivity contribution in [1.82, 2.24) is 4.90 Å². The summed E-state index contributed by atoms with van der Waals surface area (Å²) in [6.07, 6.45) is 4.97. The summed E-state index contributed by atoms with van der Waals surface area (Å²) in [5.41, 5.74) is 7.31. The average molecular weight is 289 g/mol. The van der Waals surface area contributed by atoms with Gasteiger partial charge in [-0.2, -0.15) is 0 Å². The fraction of sp³-hybridized carbons (Fsp3) is 0.647. The van der Waals surface area contributed by atoms with Gasteiger partial charge in [-0.3, -0.25) is 4.90 Å². The molecule has 2 fully saturated rings. The van der Waals surface area contributed by atoms with Gasteiger partial charge in [0.1, 0.15) is 12.4 Å². The maximum absolute atomic E-state index is 6.11. The molecule has 2 saturated heterocycles. The molecular weight excluding hydrogens is 262 g/mol. The number of benzene rings is 1. The molecular formula is C17H27N3O. The molecule has 0 radical (unpaired) electrons. The fourth-order valence-electron chi connectivity index (χ4n) is 3.36. The second-order valence-electron chi connectivity index (χ2n) is 6.21. The average Bonchev–Trinajstić information content (AvgIpc) is 3.01. The van der Waals surface area contributed by atoms with Crippen LogP contribution in [0.2, 0.25) is 0 Å². The Morgan fingerprint density at radius 3 is 2.71 bits per heavy atom. The molecule has 2 heterocycles. The molecule has 1 unspecified atom stereocenters. The Kier molecular flexibility index (Phi) is 4.99. The molecule has 1 aromatic carbocycles. The van der Waals surface area contributed by atoms with Gasteiger partial charge in [-0.05, 0) is 50.9 Å². The van der Waals surface area contributed by atoms with E-state index < -0.39 is 0 Å². The first-order valence-corrected chi connectivity index (χ1v) is 8.27. The number of piperidine rings is 1. The third kappa shape index (κ3) is 3.89. The van der Waals surface area contributed by atoms with Crippen molar-refractivity contribution in [2.75, 3.05) is 44.2 Å². The highest BCUT2D eigenvalue weighted by Gasteiger charge is 2.19. The molecule has 0 saturated carbocycles. The molecule has 1 aromatic rings. The molecule has 0 aromatic heterocycles. The van der Waals surface area contributed by atoms with Crippen molar-refractivity contribution in [2.24, 2.45) is 5.73 Å². The molecule has 2 aliphatic heterocycles. The minimum atomic E-state index is 0.288. The van der Waals surface area contributed by atoms with Crippen LogP contribution in [0.3, 0.4) is 0 Å². The first-order valence-electron chi connectivity index (χ1n) is 8.27. The number of rotatable bonds is 5. The van der Waals surface area contributed by atoms with E-state index in [2.05, 4.69) is 34.1 Å². The van der Waals surface area contributed by atoms with Crippen molar-refractivity contribution in [1.29, 1.82) is 0 Å². The Labute approximate surface area is 127 Å². The maximum atomic E-state index is 6.11. The third-order valence-corrected chi connectivity index (χ3v) is 4.53. The van der Waals surface area contributed by atoms with E-state index >= 15 is 0 Å². The van der Waals surface area contributed by atoms with E-state index in [0.717, 1.165) is 38.4 Å². The van der Waals surface area contributed by atoms with E-state index in [1.807, 2.05) is 0 Å². The number of para-hydroxylation sites is 2. The molecule has 2 aliphatic rings. The van der Waals surface area contributed by atoms with E-state index in [1.165, 1.54) is 38.0 Å². The number of hydrogen-bond acceptors (Lipinski definition) is 4. The van der Waals surface area contributed by atoms with E-state index in [9.17, 15) is 0 Å². The quantitative estimate of drug-likeness (QED) is 0.901. The Balaban J connectivity index is 1.59. The van der Waals surface area contributed by atoms with Gasteiger partial charge in [-0.1, -0.05) is 12.1 Å². The molecule has 4 heteroatoms. The Morgan fingerprint density at radius 2 is 1.90 bits per heavy atom. The zero-order valence-corrected chi connectivity index (χ0v) is 12.8. The summed E-state index contributed by atoms with van der Waals surface area (Å²) in [5, 5.41) is 0. The largest absolute Gasteiger partial charge is 0.490 e. The van der Waals surface area contributed by atoms with Crippen LogP contribution in [0.5, 0.6) is 5.75 Å². The molecule has 2 N–H and O–H groups in total. The number of hydrogen-bond donors (Lipinski definition) is 1. The molecule has 4 nitrogen and oxygen atoms in total. The molecule has 1 atom stereocenters. The third-order valence-electron chi connectivity index (χ3n) is 4.53. The van der Waals surface area contributed by atoms with Gasteiger partial charge in [0.05, 0.1) is 5.69 Å². The van der Waals surface area contributed by atoms with Crippen molar-refractivity contribution >= 4 is 5.69 Å². The lowest BCUT2D eigenvalue weighted by atomic mass is 10.1. The van der Waals surface area contributed by atoms with Crippen molar-refractivity contribution in [3.8, 4) is 5.75 Å². The highest BCUT2D eigenvalue weighted by Crippen LogP contribution is 2.30. The zero-order chi connectivity index (χ0) is 14.5. The van der Waals surface area contributed by atoms with Crippen molar-refractivity contribution in [3.63, 3.8) is 0 Å². The van der Waals surface area contributed by atoms with Crippen LogP contribution in [0.25, 0.3) is 0 Å². The number of likely N-dealkylation sites (tertiary alicyclic amines) is 1. The predicted octanol–water partition coefficient (Wildman–Crippen LogP) is 2.09. The van der Waals surface area contributed by atoms with E-state index in [-0.39, 0.29) is 6.04 Å². The van der Waals surface area contributed by atoms with Gasteiger partial charge in [0.2, 0.25) is 0 Å². The topological polar surface area (TPSA) is 41.7 Å². The second-order valence-corrected chi connectivity index (χ2v) is 6.21. The number of anilines is 1. The molecule has 0 spiro atoms. The lowest BCUT2D eigenvalue weighted by molar-refractivity contribution is 0.238. The smallest absolute Gasteiger partial charge is 0.142 e. The lowest BCUT2D eigenvalue weighted by Gasteiger charge is -2.33. The Hall–Kier alpha value is -1.26. The zero-order valence-electron chi connectivity index (χ0n) is 12.8. The summed E-state index contributed by atoms with van der Waals surface area (Å²) in [4.78, 5) is 4.86. The standard InChI is InChI=1S/C17H27N3O/c18-15-6-5-11-20(14-15)16-7-1-2-8-17(16)21-13-12-19-9-3-4-10-19/h1-2,7-8,15H,3-6,9-14,18H2.